The zero-order chi connectivity index (χ0) is 15.2. The lowest BCUT2D eigenvalue weighted by atomic mass is 9.97. The monoisotopic (exact) mass is 306 g/mol. The smallest absolute Gasteiger partial charge is 0.304 e. The van der Waals surface area contributed by atoms with Gasteiger partial charge in [0.05, 0.1) is 12.2 Å². The van der Waals surface area contributed by atoms with Crippen LogP contribution in [0.15, 0.2) is 0 Å². The SMILES string of the molecule is CCN(CC)CC1CCN(S(=O)(=O)CCC(=O)O)CC1. The average Bonchev–Trinajstić information content (AvgIpc) is 2.43. The standard InChI is InChI=1S/C13H26N2O4S/c1-3-14(4-2)11-12-5-8-15(9-6-12)20(18,19)10-7-13(16)17/h12H,3-11H2,1-2H3,(H,16,17). The summed E-state index contributed by atoms with van der Waals surface area (Å²) in [5.74, 6) is -0.811. The average molecular weight is 306 g/mol. The Morgan fingerprint density at radius 2 is 1.80 bits per heavy atom. The second-order valence-electron chi connectivity index (χ2n) is 5.29. The predicted molar refractivity (Wildman–Crippen MR) is 78.1 cm³/mol. The Balaban J connectivity index is 2.43. The highest BCUT2D eigenvalue weighted by molar-refractivity contribution is 7.89. The molecule has 0 aromatic carbocycles. The summed E-state index contributed by atoms with van der Waals surface area (Å²) in [5.41, 5.74) is 0. The van der Waals surface area contributed by atoms with Gasteiger partial charge in [-0.15, -0.1) is 0 Å². The van der Waals surface area contributed by atoms with Crippen LogP contribution in [0.4, 0.5) is 0 Å². The third-order valence-corrected chi connectivity index (χ3v) is 5.82. The molecule has 0 unspecified atom stereocenters. The molecule has 1 saturated heterocycles. The fraction of sp³-hybridized carbons (Fsp3) is 0.923. The van der Waals surface area contributed by atoms with Gasteiger partial charge in [0.15, 0.2) is 0 Å². The van der Waals surface area contributed by atoms with Gasteiger partial charge in [-0.1, -0.05) is 13.8 Å². The second-order valence-corrected chi connectivity index (χ2v) is 7.38. The Morgan fingerprint density at radius 1 is 1.25 bits per heavy atom. The molecule has 0 spiro atoms. The minimum absolute atomic E-state index is 0.289. The summed E-state index contributed by atoms with van der Waals surface area (Å²) < 4.78 is 25.4. The van der Waals surface area contributed by atoms with Crippen molar-refractivity contribution in [3.63, 3.8) is 0 Å². The lowest BCUT2D eigenvalue weighted by Crippen LogP contribution is -2.42. The molecule has 118 valence electrons. The molecule has 1 aliphatic heterocycles. The number of carboxylic acid groups (broad SMARTS) is 1. The van der Waals surface area contributed by atoms with Crippen LogP contribution in [0.5, 0.6) is 0 Å². The molecule has 1 heterocycles. The van der Waals surface area contributed by atoms with Crippen LogP contribution in [0.2, 0.25) is 0 Å². The summed E-state index contributed by atoms with van der Waals surface area (Å²) in [4.78, 5) is 12.8. The van der Waals surface area contributed by atoms with Gasteiger partial charge in [-0.3, -0.25) is 4.79 Å². The third kappa shape index (κ3) is 5.38. The van der Waals surface area contributed by atoms with Gasteiger partial charge in [-0.25, -0.2) is 12.7 Å². The van der Waals surface area contributed by atoms with Gasteiger partial charge < -0.3 is 10.0 Å². The largest absolute Gasteiger partial charge is 0.481 e. The van der Waals surface area contributed by atoms with Crippen molar-refractivity contribution >= 4 is 16.0 Å². The number of hydrogen-bond acceptors (Lipinski definition) is 4. The molecule has 1 aliphatic rings. The van der Waals surface area contributed by atoms with E-state index in [1.165, 1.54) is 4.31 Å². The van der Waals surface area contributed by atoms with Crippen molar-refractivity contribution in [2.75, 3.05) is 38.5 Å². The first-order valence-corrected chi connectivity index (χ1v) is 8.92. The molecule has 0 atom stereocenters. The van der Waals surface area contributed by atoms with E-state index in [1.807, 2.05) is 0 Å². The zero-order valence-corrected chi connectivity index (χ0v) is 13.2. The summed E-state index contributed by atoms with van der Waals surface area (Å²) >= 11 is 0. The van der Waals surface area contributed by atoms with Gasteiger partial charge in [-0.05, 0) is 31.8 Å². The van der Waals surface area contributed by atoms with Gasteiger partial charge in [0.1, 0.15) is 0 Å². The maximum Gasteiger partial charge on any atom is 0.304 e. The number of nitrogens with zero attached hydrogens (tertiary/aromatic N) is 2. The first kappa shape index (κ1) is 17.4. The number of carbonyl (C=O) groups is 1. The van der Waals surface area contributed by atoms with Crippen molar-refractivity contribution in [1.29, 1.82) is 0 Å². The van der Waals surface area contributed by atoms with E-state index in [-0.39, 0.29) is 12.2 Å². The van der Waals surface area contributed by atoms with Crippen molar-refractivity contribution in [3.05, 3.63) is 0 Å². The van der Waals surface area contributed by atoms with Gasteiger partial charge in [0, 0.05) is 19.6 Å². The summed E-state index contributed by atoms with van der Waals surface area (Å²) in [5, 5.41) is 8.58. The first-order valence-electron chi connectivity index (χ1n) is 7.31. The number of hydrogen-bond donors (Lipinski definition) is 1. The molecule has 6 nitrogen and oxygen atoms in total. The summed E-state index contributed by atoms with van der Waals surface area (Å²) in [6.07, 6.45) is 1.41. The van der Waals surface area contributed by atoms with Crippen LogP contribution in [0, 0.1) is 5.92 Å². The Kier molecular flexibility index (Phi) is 6.91. The fourth-order valence-corrected chi connectivity index (χ4v) is 4.02. The van der Waals surface area contributed by atoms with Gasteiger partial charge in [0.25, 0.3) is 0 Å². The topological polar surface area (TPSA) is 77.9 Å². The molecule has 1 N–H and O–H groups in total. The molecule has 1 rings (SSSR count). The van der Waals surface area contributed by atoms with Crippen molar-refractivity contribution in [3.8, 4) is 0 Å². The molecule has 0 saturated carbocycles. The van der Waals surface area contributed by atoms with Gasteiger partial charge in [0.2, 0.25) is 10.0 Å². The number of aliphatic carboxylic acids is 1. The molecule has 0 aromatic rings. The number of rotatable bonds is 8. The van der Waals surface area contributed by atoms with Crippen molar-refractivity contribution < 1.29 is 18.3 Å². The molecule has 1 fully saturated rings. The second kappa shape index (κ2) is 7.95. The minimum atomic E-state index is -3.40. The van der Waals surface area contributed by atoms with Crippen molar-refractivity contribution in [2.24, 2.45) is 5.92 Å². The summed E-state index contributed by atoms with van der Waals surface area (Å²) in [6.45, 7) is 8.38. The summed E-state index contributed by atoms with van der Waals surface area (Å²) in [6, 6.07) is 0. The Hall–Kier alpha value is -0.660. The van der Waals surface area contributed by atoms with E-state index in [4.69, 9.17) is 5.11 Å². The van der Waals surface area contributed by atoms with E-state index in [9.17, 15) is 13.2 Å². The highest BCUT2D eigenvalue weighted by atomic mass is 32.2. The Morgan fingerprint density at radius 3 is 2.25 bits per heavy atom. The van der Waals surface area contributed by atoms with E-state index in [0.29, 0.717) is 19.0 Å². The van der Waals surface area contributed by atoms with E-state index >= 15 is 0 Å². The minimum Gasteiger partial charge on any atom is -0.481 e. The van der Waals surface area contributed by atoms with E-state index in [2.05, 4.69) is 18.7 Å². The van der Waals surface area contributed by atoms with Crippen molar-refractivity contribution in [1.82, 2.24) is 9.21 Å². The lowest BCUT2D eigenvalue weighted by molar-refractivity contribution is -0.136. The maximum absolute atomic E-state index is 12.0. The number of sulfonamides is 1. The molecule has 0 amide bonds. The van der Waals surface area contributed by atoms with Crippen LogP contribution in [-0.4, -0.2) is 67.2 Å². The predicted octanol–water partition coefficient (Wildman–Crippen LogP) is 0.845. The van der Waals surface area contributed by atoms with E-state index in [0.717, 1.165) is 32.5 Å². The van der Waals surface area contributed by atoms with Gasteiger partial charge >= 0.3 is 5.97 Å². The lowest BCUT2D eigenvalue weighted by Gasteiger charge is -2.33. The zero-order valence-electron chi connectivity index (χ0n) is 12.4. The fourth-order valence-electron chi connectivity index (χ4n) is 2.56. The van der Waals surface area contributed by atoms with Gasteiger partial charge in [-0.2, -0.15) is 0 Å². The first-order chi connectivity index (χ1) is 9.39. The number of piperidine rings is 1. The van der Waals surface area contributed by atoms with Crippen LogP contribution >= 0.6 is 0 Å². The summed E-state index contributed by atoms with van der Waals surface area (Å²) in [7, 11) is -3.40. The molecular formula is C13H26N2O4S. The van der Waals surface area contributed by atoms with E-state index < -0.39 is 16.0 Å². The quantitative estimate of drug-likeness (QED) is 0.719. The van der Waals surface area contributed by atoms with Crippen LogP contribution in [0.1, 0.15) is 33.1 Å². The van der Waals surface area contributed by atoms with Crippen LogP contribution in [-0.2, 0) is 14.8 Å². The van der Waals surface area contributed by atoms with E-state index in [1.54, 1.807) is 0 Å². The number of carboxylic acids is 1. The third-order valence-electron chi connectivity index (χ3n) is 3.95. The highest BCUT2D eigenvalue weighted by Crippen LogP contribution is 2.21. The van der Waals surface area contributed by atoms with Crippen LogP contribution < -0.4 is 0 Å². The Labute approximate surface area is 121 Å². The molecule has 20 heavy (non-hydrogen) atoms. The highest BCUT2D eigenvalue weighted by Gasteiger charge is 2.28. The van der Waals surface area contributed by atoms with Crippen molar-refractivity contribution in [2.45, 2.75) is 33.1 Å². The molecule has 0 aromatic heterocycles. The molecule has 0 aliphatic carbocycles. The Bertz CT molecular complexity index is 399. The molecule has 0 radical (unpaired) electrons. The molecular weight excluding hydrogens is 280 g/mol. The van der Waals surface area contributed by atoms with Crippen LogP contribution in [0.25, 0.3) is 0 Å². The van der Waals surface area contributed by atoms with Crippen LogP contribution in [0.3, 0.4) is 0 Å². The maximum atomic E-state index is 12.0. The molecule has 0 bridgehead atoms. The molecule has 7 heteroatoms. The normalized spacial score (nSPS) is 18.6.